The lowest BCUT2D eigenvalue weighted by Crippen LogP contribution is -2.30. The smallest absolute Gasteiger partial charge is 0.306 e. The molecule has 0 aliphatic rings. The topological polar surface area (TPSA) is 78.9 Å². The predicted molar refractivity (Wildman–Crippen MR) is 261 cm³/mol. The lowest BCUT2D eigenvalue weighted by Gasteiger charge is -2.18. The molecule has 348 valence electrons. The van der Waals surface area contributed by atoms with Crippen molar-refractivity contribution in [2.24, 2.45) is 0 Å². The van der Waals surface area contributed by atoms with Gasteiger partial charge in [-0.2, -0.15) is 0 Å². The van der Waals surface area contributed by atoms with Gasteiger partial charge in [0.05, 0.1) is 0 Å². The van der Waals surface area contributed by atoms with Crippen LogP contribution in [0.15, 0.2) is 85.1 Å². The largest absolute Gasteiger partial charge is 0.462 e. The third kappa shape index (κ3) is 47.5. The maximum atomic E-state index is 12.8. The van der Waals surface area contributed by atoms with Crippen molar-refractivity contribution in [1.82, 2.24) is 0 Å². The third-order valence-corrected chi connectivity index (χ3v) is 10.5. The lowest BCUT2D eigenvalue weighted by molar-refractivity contribution is -0.167. The van der Waals surface area contributed by atoms with E-state index in [1.54, 1.807) is 0 Å². The molecule has 0 aliphatic carbocycles. The second-order valence-corrected chi connectivity index (χ2v) is 16.5. The van der Waals surface area contributed by atoms with Gasteiger partial charge in [0.15, 0.2) is 6.10 Å². The second kappa shape index (κ2) is 49.2. The van der Waals surface area contributed by atoms with Crippen LogP contribution in [-0.2, 0) is 28.6 Å². The summed E-state index contributed by atoms with van der Waals surface area (Å²) in [6.45, 7) is 6.41. The Labute approximate surface area is 375 Å². The van der Waals surface area contributed by atoms with Crippen molar-refractivity contribution >= 4 is 17.9 Å². The molecule has 0 heterocycles. The first kappa shape index (κ1) is 57.6. The van der Waals surface area contributed by atoms with Crippen molar-refractivity contribution in [1.29, 1.82) is 0 Å². The van der Waals surface area contributed by atoms with Gasteiger partial charge in [-0.1, -0.05) is 202 Å². The molecule has 0 bridgehead atoms. The van der Waals surface area contributed by atoms with Gasteiger partial charge >= 0.3 is 17.9 Å². The first-order valence-corrected chi connectivity index (χ1v) is 25.2. The van der Waals surface area contributed by atoms with E-state index >= 15 is 0 Å². The van der Waals surface area contributed by atoms with Gasteiger partial charge in [-0.3, -0.25) is 14.4 Å². The molecule has 0 aromatic heterocycles. The summed E-state index contributed by atoms with van der Waals surface area (Å²) in [5, 5.41) is 0. The van der Waals surface area contributed by atoms with E-state index in [9.17, 15) is 14.4 Å². The summed E-state index contributed by atoms with van der Waals surface area (Å²) in [6, 6.07) is 0. The third-order valence-electron chi connectivity index (χ3n) is 10.5. The average Bonchev–Trinajstić information content (AvgIpc) is 3.26. The number of carbonyl (C=O) groups excluding carboxylic acids is 3. The summed E-state index contributed by atoms with van der Waals surface area (Å²) >= 11 is 0. The summed E-state index contributed by atoms with van der Waals surface area (Å²) in [5.41, 5.74) is 0. The van der Waals surface area contributed by atoms with Crippen LogP contribution >= 0.6 is 0 Å². The van der Waals surface area contributed by atoms with E-state index in [-0.39, 0.29) is 31.1 Å². The molecule has 1 atom stereocenters. The summed E-state index contributed by atoms with van der Waals surface area (Å²) in [7, 11) is 0. The second-order valence-electron chi connectivity index (χ2n) is 16.5. The van der Waals surface area contributed by atoms with Gasteiger partial charge in [-0.05, 0) is 89.9 Å². The summed E-state index contributed by atoms with van der Waals surface area (Å²) in [6.07, 6.45) is 62.8. The highest BCUT2D eigenvalue weighted by Gasteiger charge is 2.19. The van der Waals surface area contributed by atoms with Crippen molar-refractivity contribution in [3.05, 3.63) is 85.1 Å². The molecule has 0 amide bonds. The molecule has 0 rings (SSSR count). The lowest BCUT2D eigenvalue weighted by atomic mass is 10.1. The van der Waals surface area contributed by atoms with E-state index < -0.39 is 6.10 Å². The summed E-state index contributed by atoms with van der Waals surface area (Å²) < 4.78 is 16.7. The standard InChI is InChI=1S/C55H92O6/c1-4-7-10-13-16-19-22-25-28-31-33-36-39-42-45-48-54(57)60-51-52(61-55(58)49-46-43-40-37-34-30-27-24-21-18-15-12-9-6-3)50-59-53(56)47-44-41-38-35-32-29-26-23-20-17-14-11-8-5-2/h7,10,13,16,19,22,25,28-34,52H,4-6,8-9,11-12,14-15,17-18,20-21,23-24,26-27,35-51H2,1-3H3/b10-7-,16-13-,22-19-,28-25-,32-29-,33-31-,34-30-. The number of esters is 3. The molecular weight excluding hydrogens is 757 g/mol. The zero-order valence-electron chi connectivity index (χ0n) is 39.7. The molecule has 0 fully saturated rings. The normalized spacial score (nSPS) is 12.8. The molecule has 0 saturated carbocycles. The monoisotopic (exact) mass is 849 g/mol. The molecule has 6 heteroatoms. The van der Waals surface area contributed by atoms with Gasteiger partial charge in [0, 0.05) is 19.3 Å². The Morgan fingerprint density at radius 2 is 0.656 bits per heavy atom. The molecule has 0 spiro atoms. The maximum Gasteiger partial charge on any atom is 0.306 e. The maximum absolute atomic E-state index is 12.8. The van der Waals surface area contributed by atoms with Crippen molar-refractivity contribution in [2.45, 2.75) is 232 Å². The van der Waals surface area contributed by atoms with Gasteiger partial charge in [-0.25, -0.2) is 0 Å². The number of hydrogen-bond acceptors (Lipinski definition) is 6. The Morgan fingerprint density at radius 3 is 1.05 bits per heavy atom. The van der Waals surface area contributed by atoms with Gasteiger partial charge in [0.1, 0.15) is 13.2 Å². The Balaban J connectivity index is 4.51. The van der Waals surface area contributed by atoms with Gasteiger partial charge < -0.3 is 14.2 Å². The molecule has 0 aromatic carbocycles. The molecule has 0 aromatic rings. The number of unbranched alkanes of at least 4 members (excludes halogenated alkanes) is 23. The van der Waals surface area contributed by atoms with E-state index in [2.05, 4.69) is 57.2 Å². The number of ether oxygens (including phenoxy) is 3. The van der Waals surface area contributed by atoms with E-state index in [0.29, 0.717) is 19.3 Å². The van der Waals surface area contributed by atoms with Gasteiger partial charge in [0.25, 0.3) is 0 Å². The van der Waals surface area contributed by atoms with E-state index in [0.717, 1.165) is 96.3 Å². The summed E-state index contributed by atoms with van der Waals surface area (Å²) in [4.78, 5) is 37.9. The minimum atomic E-state index is -0.807. The van der Waals surface area contributed by atoms with Crippen LogP contribution in [0, 0.1) is 0 Å². The molecular formula is C55H92O6. The molecule has 61 heavy (non-hydrogen) atoms. The molecule has 6 nitrogen and oxygen atoms in total. The zero-order chi connectivity index (χ0) is 44.4. The highest BCUT2D eigenvalue weighted by atomic mass is 16.6. The van der Waals surface area contributed by atoms with Crippen molar-refractivity contribution in [3.63, 3.8) is 0 Å². The van der Waals surface area contributed by atoms with Gasteiger partial charge in [-0.15, -0.1) is 0 Å². The number of rotatable bonds is 44. The quantitative estimate of drug-likeness (QED) is 0.0200. The highest BCUT2D eigenvalue weighted by molar-refractivity contribution is 5.71. The van der Waals surface area contributed by atoms with Crippen molar-refractivity contribution < 1.29 is 28.6 Å². The Kier molecular flexibility index (Phi) is 46.5. The van der Waals surface area contributed by atoms with Crippen molar-refractivity contribution in [2.75, 3.05) is 13.2 Å². The molecule has 0 radical (unpaired) electrons. The van der Waals surface area contributed by atoms with E-state index in [1.165, 1.54) is 89.9 Å². The fourth-order valence-corrected chi connectivity index (χ4v) is 6.69. The van der Waals surface area contributed by atoms with Crippen LogP contribution in [0.25, 0.3) is 0 Å². The Hall–Kier alpha value is -3.41. The predicted octanol–water partition coefficient (Wildman–Crippen LogP) is 16.4. The minimum absolute atomic E-state index is 0.105. The molecule has 0 saturated heterocycles. The minimum Gasteiger partial charge on any atom is -0.462 e. The highest BCUT2D eigenvalue weighted by Crippen LogP contribution is 2.13. The fourth-order valence-electron chi connectivity index (χ4n) is 6.69. The molecule has 0 aliphatic heterocycles. The average molecular weight is 849 g/mol. The Morgan fingerprint density at radius 1 is 0.344 bits per heavy atom. The SMILES string of the molecule is CC\C=C/C=C\C=C/C=C\C=C/CCCCCC(=O)OCC(COC(=O)CCCCC/C=C\CCCCCCCCC)OC(=O)CCCCC/C=C\CCCCCCCCC. The van der Waals surface area contributed by atoms with E-state index in [4.69, 9.17) is 14.2 Å². The summed E-state index contributed by atoms with van der Waals surface area (Å²) in [5.74, 6) is -0.980. The Bertz CT molecular complexity index is 1200. The van der Waals surface area contributed by atoms with Crippen molar-refractivity contribution in [3.8, 4) is 0 Å². The number of allylic oxidation sites excluding steroid dienone is 14. The van der Waals surface area contributed by atoms with Crippen LogP contribution in [0.4, 0.5) is 0 Å². The van der Waals surface area contributed by atoms with Crippen LogP contribution in [0.2, 0.25) is 0 Å². The molecule has 1 unspecified atom stereocenters. The van der Waals surface area contributed by atoms with Crippen LogP contribution in [0.5, 0.6) is 0 Å². The number of carbonyl (C=O) groups is 3. The van der Waals surface area contributed by atoms with Crippen LogP contribution in [0.1, 0.15) is 226 Å². The number of hydrogen-bond donors (Lipinski definition) is 0. The van der Waals surface area contributed by atoms with Crippen LogP contribution < -0.4 is 0 Å². The first-order chi connectivity index (χ1) is 30.0. The first-order valence-electron chi connectivity index (χ1n) is 25.2. The van der Waals surface area contributed by atoms with E-state index in [1.807, 2.05) is 48.6 Å². The van der Waals surface area contributed by atoms with Crippen LogP contribution in [0.3, 0.4) is 0 Å². The molecule has 0 N–H and O–H groups in total. The fraction of sp³-hybridized carbons (Fsp3) is 0.691. The zero-order valence-corrected chi connectivity index (χ0v) is 39.7. The van der Waals surface area contributed by atoms with Crippen LogP contribution in [-0.4, -0.2) is 37.2 Å². The van der Waals surface area contributed by atoms with Gasteiger partial charge in [0.2, 0.25) is 0 Å².